The molecule has 8 nitrogen and oxygen atoms in total. The highest BCUT2D eigenvalue weighted by Gasteiger charge is 2.23. The summed E-state index contributed by atoms with van der Waals surface area (Å²) in [6.45, 7) is 1.62. The summed E-state index contributed by atoms with van der Waals surface area (Å²) in [4.78, 5) is 26.2. The minimum absolute atomic E-state index is 0.0434. The van der Waals surface area contributed by atoms with Crippen LogP contribution in [0.1, 0.15) is 16.1 Å². The molecule has 0 spiro atoms. The summed E-state index contributed by atoms with van der Waals surface area (Å²) in [7, 11) is 1.62. The normalized spacial score (nSPS) is 11.2. The molecule has 0 fully saturated rings. The van der Waals surface area contributed by atoms with Crippen molar-refractivity contribution in [3.8, 4) is 28.3 Å². The molecule has 4 heterocycles. The van der Waals surface area contributed by atoms with E-state index in [0.717, 1.165) is 17.2 Å². The Morgan fingerprint density at radius 3 is 2.55 bits per heavy atom. The number of halogens is 2. The Labute approximate surface area is 230 Å². The van der Waals surface area contributed by atoms with Crippen LogP contribution in [0.15, 0.2) is 88.6 Å². The number of hydrogen-bond donors (Lipinski definition) is 1. The van der Waals surface area contributed by atoms with Gasteiger partial charge in [-0.1, -0.05) is 0 Å². The summed E-state index contributed by atoms with van der Waals surface area (Å²) >= 11 is 1.57. The van der Waals surface area contributed by atoms with E-state index in [4.69, 9.17) is 4.74 Å². The van der Waals surface area contributed by atoms with E-state index in [1.165, 1.54) is 45.8 Å². The molecule has 0 aliphatic carbocycles. The number of benzene rings is 2. The lowest BCUT2D eigenvalue weighted by atomic mass is 10.1. The Kier molecular flexibility index (Phi) is 6.27. The van der Waals surface area contributed by atoms with Gasteiger partial charge in [0.1, 0.15) is 16.9 Å². The molecule has 6 rings (SSSR count). The van der Waals surface area contributed by atoms with Crippen molar-refractivity contribution in [2.75, 3.05) is 5.32 Å². The first kappa shape index (κ1) is 25.3. The molecule has 40 heavy (non-hydrogen) atoms. The van der Waals surface area contributed by atoms with Gasteiger partial charge in [-0.15, -0.1) is 0 Å². The molecule has 2 aromatic carbocycles. The standard InChI is InChI=1S/C29H21F2N5O3S/c1-17-26(29(38)36(34(17)2)21-6-3-19(30)4-7-21)28(37)33-20-5-8-24(23(31)15-20)39-25-9-12-32-35-13-10-22(27(25)35)18-11-14-40-16-18/h3-16H,1-2H3,(H,33,37). The zero-order valence-electron chi connectivity index (χ0n) is 21.3. The first-order chi connectivity index (χ1) is 19.3. The molecular weight excluding hydrogens is 536 g/mol. The van der Waals surface area contributed by atoms with Gasteiger partial charge in [0.25, 0.3) is 11.5 Å². The van der Waals surface area contributed by atoms with Crippen LogP contribution in [0, 0.1) is 18.6 Å². The van der Waals surface area contributed by atoms with Crippen molar-refractivity contribution in [2.45, 2.75) is 6.92 Å². The summed E-state index contributed by atoms with van der Waals surface area (Å²) in [6.07, 6.45) is 3.37. The van der Waals surface area contributed by atoms with Crippen molar-refractivity contribution >= 4 is 28.4 Å². The molecule has 4 aromatic heterocycles. The quantitative estimate of drug-likeness (QED) is 0.265. The molecule has 0 aliphatic heterocycles. The predicted molar refractivity (Wildman–Crippen MR) is 149 cm³/mol. The van der Waals surface area contributed by atoms with Crippen LogP contribution in [0.25, 0.3) is 22.3 Å². The van der Waals surface area contributed by atoms with E-state index < -0.39 is 23.1 Å². The second-order valence-corrected chi connectivity index (χ2v) is 9.79. The maximum Gasteiger partial charge on any atom is 0.284 e. The second-order valence-electron chi connectivity index (χ2n) is 9.01. The monoisotopic (exact) mass is 557 g/mol. The number of carbonyl (C=O) groups excluding carboxylic acids is 1. The number of nitrogens with zero attached hydrogens (tertiary/aromatic N) is 4. The van der Waals surface area contributed by atoms with E-state index >= 15 is 4.39 Å². The highest BCUT2D eigenvalue weighted by molar-refractivity contribution is 7.08. The van der Waals surface area contributed by atoms with Crippen molar-refractivity contribution in [3.05, 3.63) is 117 Å². The molecule has 200 valence electrons. The van der Waals surface area contributed by atoms with Crippen LogP contribution in [-0.4, -0.2) is 24.9 Å². The van der Waals surface area contributed by atoms with Gasteiger partial charge >= 0.3 is 0 Å². The zero-order chi connectivity index (χ0) is 28.0. The van der Waals surface area contributed by atoms with E-state index in [-0.39, 0.29) is 17.0 Å². The van der Waals surface area contributed by atoms with Crippen LogP contribution in [-0.2, 0) is 7.05 Å². The minimum atomic E-state index is -0.704. The number of amides is 1. The van der Waals surface area contributed by atoms with E-state index in [0.29, 0.717) is 22.6 Å². The molecule has 0 atom stereocenters. The van der Waals surface area contributed by atoms with Gasteiger partial charge in [-0.05, 0) is 71.8 Å². The summed E-state index contributed by atoms with van der Waals surface area (Å²) in [5.41, 5.74) is 2.83. The van der Waals surface area contributed by atoms with E-state index in [1.54, 1.807) is 48.3 Å². The second kappa shape index (κ2) is 9.93. The molecular formula is C29H21F2N5O3S. The number of fused-ring (bicyclic) bond motifs is 1. The number of thiophene rings is 1. The molecule has 1 amide bonds. The first-order valence-electron chi connectivity index (χ1n) is 12.1. The zero-order valence-corrected chi connectivity index (χ0v) is 22.1. The third-order valence-electron chi connectivity index (χ3n) is 6.61. The van der Waals surface area contributed by atoms with Crippen molar-refractivity contribution in [2.24, 2.45) is 7.05 Å². The number of ether oxygens (including phenoxy) is 1. The van der Waals surface area contributed by atoms with E-state index in [2.05, 4.69) is 10.4 Å². The minimum Gasteiger partial charge on any atom is -0.452 e. The smallest absolute Gasteiger partial charge is 0.284 e. The molecule has 11 heteroatoms. The number of anilines is 1. The first-order valence-corrected chi connectivity index (χ1v) is 13.1. The lowest BCUT2D eigenvalue weighted by molar-refractivity contribution is 0.102. The Bertz CT molecular complexity index is 1940. The van der Waals surface area contributed by atoms with E-state index in [1.807, 2.05) is 22.9 Å². The van der Waals surface area contributed by atoms with Gasteiger partial charge in [0, 0.05) is 36.6 Å². The van der Waals surface area contributed by atoms with Crippen LogP contribution in [0.2, 0.25) is 0 Å². The fraction of sp³-hybridized carbons (Fsp3) is 0.0690. The average Bonchev–Trinajstić information content (AvgIpc) is 3.66. The van der Waals surface area contributed by atoms with Crippen molar-refractivity contribution in [1.82, 2.24) is 19.0 Å². The SMILES string of the molecule is Cc1c(C(=O)Nc2ccc(Oc3ccnn4ccc(-c5ccsc5)c34)c(F)c2)c(=O)n(-c2ccc(F)cc2)n1C. The molecule has 0 aliphatic rings. The molecule has 0 radical (unpaired) electrons. The summed E-state index contributed by atoms with van der Waals surface area (Å²) in [5, 5.41) is 10.9. The van der Waals surface area contributed by atoms with E-state index in [9.17, 15) is 14.0 Å². The Hall–Kier alpha value is -5.03. The van der Waals surface area contributed by atoms with Gasteiger partial charge < -0.3 is 10.1 Å². The Morgan fingerprint density at radius 1 is 1.02 bits per heavy atom. The molecule has 0 saturated carbocycles. The topological polar surface area (TPSA) is 82.6 Å². The van der Waals surface area contributed by atoms with Crippen LogP contribution >= 0.6 is 11.3 Å². The van der Waals surface area contributed by atoms with Gasteiger partial charge in [-0.2, -0.15) is 16.4 Å². The highest BCUT2D eigenvalue weighted by Crippen LogP contribution is 2.36. The lowest BCUT2D eigenvalue weighted by Gasteiger charge is -2.11. The maximum atomic E-state index is 15.2. The van der Waals surface area contributed by atoms with Gasteiger partial charge in [0.2, 0.25) is 0 Å². The van der Waals surface area contributed by atoms with Gasteiger partial charge in [0.05, 0.1) is 17.6 Å². The number of carbonyl (C=O) groups is 1. The third-order valence-corrected chi connectivity index (χ3v) is 7.29. The van der Waals surface area contributed by atoms with Gasteiger partial charge in [-0.25, -0.2) is 18.0 Å². The lowest BCUT2D eigenvalue weighted by Crippen LogP contribution is -2.25. The fourth-order valence-corrected chi connectivity index (χ4v) is 5.22. The van der Waals surface area contributed by atoms with Crippen LogP contribution in [0.3, 0.4) is 0 Å². The highest BCUT2D eigenvalue weighted by atomic mass is 32.1. The third kappa shape index (κ3) is 4.35. The van der Waals surface area contributed by atoms with Crippen molar-refractivity contribution in [3.63, 3.8) is 0 Å². The molecule has 0 saturated heterocycles. The Balaban J connectivity index is 1.27. The summed E-state index contributed by atoms with van der Waals surface area (Å²) in [5.74, 6) is -1.47. The van der Waals surface area contributed by atoms with Gasteiger partial charge in [0.15, 0.2) is 17.3 Å². The van der Waals surface area contributed by atoms with Crippen molar-refractivity contribution in [1.29, 1.82) is 0 Å². The molecule has 0 unspecified atom stereocenters. The average molecular weight is 558 g/mol. The molecule has 6 aromatic rings. The largest absolute Gasteiger partial charge is 0.452 e. The summed E-state index contributed by atoms with van der Waals surface area (Å²) in [6, 6.07) is 14.9. The fourth-order valence-electron chi connectivity index (χ4n) is 4.56. The van der Waals surface area contributed by atoms with Gasteiger partial charge in [-0.3, -0.25) is 14.3 Å². The summed E-state index contributed by atoms with van der Waals surface area (Å²) < 4.78 is 38.9. The van der Waals surface area contributed by atoms with Crippen LogP contribution in [0.5, 0.6) is 11.5 Å². The predicted octanol–water partition coefficient (Wildman–Crippen LogP) is 6.18. The van der Waals surface area contributed by atoms with Crippen molar-refractivity contribution < 1.29 is 18.3 Å². The molecule has 1 N–H and O–H groups in total. The molecule has 0 bridgehead atoms. The number of hydrogen-bond acceptors (Lipinski definition) is 5. The maximum absolute atomic E-state index is 15.2. The van der Waals surface area contributed by atoms with Crippen LogP contribution in [0.4, 0.5) is 14.5 Å². The Morgan fingerprint density at radius 2 is 1.82 bits per heavy atom. The van der Waals surface area contributed by atoms with Crippen LogP contribution < -0.4 is 15.6 Å². The number of rotatable bonds is 6. The number of aromatic nitrogens is 4. The number of nitrogens with one attached hydrogen (secondary N) is 1.